The molecule has 0 radical (unpaired) electrons. The zero-order valence-corrected chi connectivity index (χ0v) is 40.3. The van der Waals surface area contributed by atoms with Crippen LogP contribution in [0.3, 0.4) is 0 Å². The minimum absolute atomic E-state index is 0.0286. The third kappa shape index (κ3) is 8.60. The molecule has 4 fully saturated rings. The molecule has 3 unspecified atom stereocenters. The maximum absolute atomic E-state index is 16.3. The Kier molecular flexibility index (Phi) is 13.1. The zero-order valence-electron chi connectivity index (χ0n) is 39.5. The summed E-state index contributed by atoms with van der Waals surface area (Å²) in [5.74, 6) is -7.52. The molecule has 3 saturated heterocycles. The summed E-state index contributed by atoms with van der Waals surface area (Å²) in [5.41, 5.74) is 5.33. The Bertz CT molecular complexity index is 2950. The molecule has 1 saturated carbocycles. The molecule has 0 bridgehead atoms. The van der Waals surface area contributed by atoms with Gasteiger partial charge in [-0.3, -0.25) is 29.2 Å². The Labute approximate surface area is 413 Å². The summed E-state index contributed by atoms with van der Waals surface area (Å²) in [6.07, 6.45) is 5.94. The SMILES string of the molecule is CC1c2c(cc(F)c(Cl)c2-c2c(C(N)=O)ccc(O)c2F)OC1(CNC1CCC(C(=O)N2CCC(N3CCC(c4c(F)cc5c(C6CCC(=O)NC6=O)nn(C)c5c4F)CC3)CC2)CC1)c1ccccc1. The number of nitrogens with zero attached hydrogens (tertiary/aromatic N) is 4. The average Bonchev–Trinajstić information content (AvgIpc) is 3.84. The monoisotopic (exact) mass is 997 g/mol. The second-order valence-corrected chi connectivity index (χ2v) is 20.4. The van der Waals surface area contributed by atoms with Crippen molar-refractivity contribution in [3.05, 3.63) is 111 Å². The highest BCUT2D eigenvalue weighted by molar-refractivity contribution is 6.34. The first-order chi connectivity index (χ1) is 34.1. The number of hydrogen-bond donors (Lipinski definition) is 4. The van der Waals surface area contributed by atoms with E-state index in [1.807, 2.05) is 42.2 Å². The van der Waals surface area contributed by atoms with Gasteiger partial charge in [0.1, 0.15) is 22.9 Å². The van der Waals surface area contributed by atoms with Crippen molar-refractivity contribution < 1.29 is 46.6 Å². The number of ether oxygens (including phenoxy) is 1. The smallest absolute Gasteiger partial charge is 0.249 e. The molecule has 1 aliphatic carbocycles. The molecule has 1 aromatic heterocycles. The number of aromatic hydroxyl groups is 1. The van der Waals surface area contributed by atoms with E-state index in [1.165, 1.54) is 16.8 Å². The molecule has 10 rings (SSSR count). The van der Waals surface area contributed by atoms with Crippen LogP contribution >= 0.6 is 11.6 Å². The summed E-state index contributed by atoms with van der Waals surface area (Å²) < 4.78 is 71.8. The number of hydrogen-bond acceptors (Lipinski definition) is 9. The van der Waals surface area contributed by atoms with Gasteiger partial charge >= 0.3 is 0 Å². The lowest BCUT2D eigenvalue weighted by Gasteiger charge is -2.43. The van der Waals surface area contributed by atoms with Crippen LogP contribution in [-0.2, 0) is 27.0 Å². The molecule has 18 heteroatoms. The predicted molar refractivity (Wildman–Crippen MR) is 257 cm³/mol. The van der Waals surface area contributed by atoms with Gasteiger partial charge in [0.15, 0.2) is 23.0 Å². The van der Waals surface area contributed by atoms with Crippen molar-refractivity contribution in [2.24, 2.45) is 18.7 Å². The number of nitrogens with two attached hydrogens (primary N) is 1. The van der Waals surface area contributed by atoms with Gasteiger partial charge in [0.25, 0.3) is 0 Å². The van der Waals surface area contributed by atoms with Crippen LogP contribution in [0, 0.1) is 29.2 Å². The number of aryl methyl sites for hydroxylation is 1. The van der Waals surface area contributed by atoms with Crippen LogP contribution in [0.4, 0.5) is 17.6 Å². The van der Waals surface area contributed by atoms with Crippen LogP contribution in [0.25, 0.3) is 22.0 Å². The number of carbonyl (C=O) groups excluding carboxylic acids is 4. The second kappa shape index (κ2) is 19.2. The molecule has 4 aromatic carbocycles. The van der Waals surface area contributed by atoms with E-state index in [1.54, 1.807) is 7.05 Å². The predicted octanol–water partition coefficient (Wildman–Crippen LogP) is 8.19. The molecular formula is C53H56ClF4N7O6. The molecule has 5 aromatic rings. The van der Waals surface area contributed by atoms with E-state index in [4.69, 9.17) is 22.1 Å². The number of benzene rings is 4. The van der Waals surface area contributed by atoms with Crippen molar-refractivity contribution in [2.75, 3.05) is 32.7 Å². The van der Waals surface area contributed by atoms with Gasteiger partial charge in [0.2, 0.25) is 23.6 Å². The van der Waals surface area contributed by atoms with Gasteiger partial charge in [-0.25, -0.2) is 17.6 Å². The fraction of sp³-hybridized carbons (Fsp3) is 0.453. The maximum atomic E-state index is 16.3. The van der Waals surface area contributed by atoms with Gasteiger partial charge in [0, 0.05) is 90.7 Å². The number of imide groups is 1. The van der Waals surface area contributed by atoms with Crippen molar-refractivity contribution in [3.8, 4) is 22.6 Å². The van der Waals surface area contributed by atoms with Crippen LogP contribution < -0.4 is 21.1 Å². The Morgan fingerprint density at radius 3 is 2.27 bits per heavy atom. The third-order valence-corrected chi connectivity index (χ3v) is 16.5. The minimum Gasteiger partial charge on any atom is -0.505 e. The minimum atomic E-state index is -1.16. The maximum Gasteiger partial charge on any atom is 0.249 e. The molecule has 5 heterocycles. The van der Waals surface area contributed by atoms with Crippen LogP contribution in [-0.4, -0.2) is 93.1 Å². The number of carbonyl (C=O) groups is 4. The van der Waals surface area contributed by atoms with Gasteiger partial charge in [-0.15, -0.1) is 0 Å². The second-order valence-electron chi connectivity index (χ2n) is 20.0. The van der Waals surface area contributed by atoms with E-state index in [2.05, 4.69) is 20.6 Å². The van der Waals surface area contributed by atoms with E-state index >= 15 is 17.6 Å². The van der Waals surface area contributed by atoms with Gasteiger partial charge < -0.3 is 30.7 Å². The van der Waals surface area contributed by atoms with Crippen molar-refractivity contribution in [1.82, 2.24) is 30.2 Å². The topological polar surface area (TPSA) is 172 Å². The Morgan fingerprint density at radius 1 is 0.887 bits per heavy atom. The van der Waals surface area contributed by atoms with Crippen LogP contribution in [0.2, 0.25) is 5.02 Å². The van der Waals surface area contributed by atoms with E-state index in [0.717, 1.165) is 43.4 Å². The van der Waals surface area contributed by atoms with E-state index in [9.17, 15) is 24.3 Å². The summed E-state index contributed by atoms with van der Waals surface area (Å²) >= 11 is 6.61. The number of fused-ring (bicyclic) bond motifs is 2. The van der Waals surface area contributed by atoms with Crippen LogP contribution in [0.1, 0.15) is 122 Å². The number of piperidine rings is 3. The summed E-state index contributed by atoms with van der Waals surface area (Å²) in [5, 5.41) is 20.6. The first-order valence-corrected chi connectivity index (χ1v) is 25.0. The Hall–Kier alpha value is -6.04. The van der Waals surface area contributed by atoms with E-state index in [-0.39, 0.29) is 94.2 Å². The number of primary amides is 1. The van der Waals surface area contributed by atoms with Gasteiger partial charge in [-0.1, -0.05) is 48.9 Å². The number of halogens is 5. The quantitative estimate of drug-likeness (QED) is 0.0796. The molecule has 71 heavy (non-hydrogen) atoms. The van der Waals surface area contributed by atoms with Crippen molar-refractivity contribution in [1.29, 1.82) is 0 Å². The van der Waals surface area contributed by atoms with E-state index in [0.29, 0.717) is 57.4 Å². The summed E-state index contributed by atoms with van der Waals surface area (Å²) in [4.78, 5) is 55.3. The van der Waals surface area contributed by atoms with Crippen molar-refractivity contribution in [3.63, 3.8) is 0 Å². The normalized spacial score (nSPS) is 24.5. The molecular weight excluding hydrogens is 942 g/mol. The lowest BCUT2D eigenvalue weighted by atomic mass is 9.77. The van der Waals surface area contributed by atoms with Crippen LogP contribution in [0.15, 0.2) is 54.6 Å². The molecule has 4 aliphatic heterocycles. The van der Waals surface area contributed by atoms with Crippen molar-refractivity contribution in [2.45, 2.75) is 107 Å². The van der Waals surface area contributed by atoms with Crippen molar-refractivity contribution >= 4 is 46.1 Å². The zero-order chi connectivity index (χ0) is 50.0. The molecule has 374 valence electrons. The highest BCUT2D eigenvalue weighted by atomic mass is 35.5. The molecule has 5 N–H and O–H groups in total. The fourth-order valence-electron chi connectivity index (χ4n) is 12.3. The highest BCUT2D eigenvalue weighted by Crippen LogP contribution is 2.56. The van der Waals surface area contributed by atoms with Gasteiger partial charge in [-0.2, -0.15) is 5.10 Å². The number of amides is 4. The fourth-order valence-corrected chi connectivity index (χ4v) is 12.6. The number of aromatic nitrogens is 2. The summed E-state index contributed by atoms with van der Waals surface area (Å²) in [6, 6.07) is 14.3. The molecule has 4 amide bonds. The van der Waals surface area contributed by atoms with E-state index < -0.39 is 68.9 Å². The number of likely N-dealkylation sites (tertiary alicyclic amines) is 2. The molecule has 3 atom stereocenters. The number of nitrogens with one attached hydrogen (secondary N) is 2. The molecule has 5 aliphatic rings. The first-order valence-electron chi connectivity index (χ1n) is 24.6. The lowest BCUT2D eigenvalue weighted by Crippen LogP contribution is -2.51. The first kappa shape index (κ1) is 48.6. The number of phenols is 1. The highest BCUT2D eigenvalue weighted by Gasteiger charge is 2.50. The third-order valence-electron chi connectivity index (χ3n) is 16.2. The largest absolute Gasteiger partial charge is 0.505 e. The lowest BCUT2D eigenvalue weighted by molar-refractivity contribution is -0.138. The number of rotatable bonds is 10. The standard InChI is InChI=1S/C53H56ClF4N7O6/c1-27-41-39(25-37(56)45(54)44(41)43-33(50(59)68)12-14-38(66)46(43)57)71-53(27,30-6-4-3-5-7-30)26-60-31-10-8-29(9-11-31)52(70)65-22-18-32(19-23-65)64-20-16-28(17-21-64)42-36(55)24-35-48(62-63(2)49(35)47(42)58)34-13-15-40(67)61-51(34)69/h3-7,12,14,24-25,27-29,31-32,34,60,66H,8-11,13,15-23,26H2,1-2H3,(H2,59,68)(H,61,67,69). The van der Waals surface area contributed by atoms with Crippen LogP contribution in [0.5, 0.6) is 11.5 Å². The summed E-state index contributed by atoms with van der Waals surface area (Å²) in [7, 11) is 1.58. The number of phenolic OH excluding ortho intramolecular Hbond substituents is 1. The average molecular weight is 999 g/mol. The Balaban J connectivity index is 0.750. The summed E-state index contributed by atoms with van der Waals surface area (Å²) in [6.45, 7) is 4.74. The van der Waals surface area contributed by atoms with Gasteiger partial charge in [0.05, 0.1) is 22.2 Å². The van der Waals surface area contributed by atoms with Gasteiger partial charge in [-0.05, 0) is 101 Å². The molecule has 13 nitrogen and oxygen atoms in total. The Morgan fingerprint density at radius 2 is 1.59 bits per heavy atom. The molecule has 0 spiro atoms.